The van der Waals surface area contributed by atoms with E-state index in [1.54, 1.807) is 4.79 Å². The second-order valence-corrected chi connectivity index (χ2v) is 3.24. The summed E-state index contributed by atoms with van der Waals surface area (Å²) in [7, 11) is 1.95. The first-order valence-electron chi connectivity index (χ1n) is 4.28. The fraction of sp³-hybridized carbons (Fsp3) is 0.500. The maximum atomic E-state index is 4.22. The Hall–Kier alpha value is -1.52. The summed E-state index contributed by atoms with van der Waals surface area (Å²) in [6.07, 6.45) is 3.79. The molecular weight excluding hydrogens is 166 g/mol. The molecule has 5 heteroatoms. The highest BCUT2D eigenvalue weighted by molar-refractivity contribution is 5.67. The second-order valence-electron chi connectivity index (χ2n) is 3.24. The Morgan fingerprint density at radius 1 is 1.62 bits per heavy atom. The van der Waals surface area contributed by atoms with Crippen molar-refractivity contribution in [1.82, 2.24) is 14.9 Å². The van der Waals surface area contributed by atoms with Gasteiger partial charge in [0.2, 0.25) is 0 Å². The van der Waals surface area contributed by atoms with Crippen LogP contribution in [0.5, 0.6) is 0 Å². The number of hydrazone groups is 1. The van der Waals surface area contributed by atoms with Gasteiger partial charge in [0, 0.05) is 13.2 Å². The topological polar surface area (TPSA) is 45.5 Å². The van der Waals surface area contributed by atoms with Gasteiger partial charge in [-0.15, -0.1) is 0 Å². The molecule has 0 amide bonds. The largest absolute Gasteiger partial charge is 0.300 e. The summed E-state index contributed by atoms with van der Waals surface area (Å²) in [6, 6.07) is 2.22. The van der Waals surface area contributed by atoms with Crippen LogP contribution in [0, 0.1) is 6.92 Å². The van der Waals surface area contributed by atoms with E-state index in [4.69, 9.17) is 0 Å². The third-order valence-electron chi connectivity index (χ3n) is 1.93. The van der Waals surface area contributed by atoms with Gasteiger partial charge in [-0.3, -0.25) is 10.4 Å². The third-order valence-corrected chi connectivity index (χ3v) is 1.93. The van der Waals surface area contributed by atoms with Crippen LogP contribution >= 0.6 is 0 Å². The van der Waals surface area contributed by atoms with Gasteiger partial charge in [-0.05, 0) is 13.0 Å². The van der Waals surface area contributed by atoms with Crippen LogP contribution in [0.25, 0.3) is 0 Å². The van der Waals surface area contributed by atoms with Crippen LogP contribution < -0.4 is 5.43 Å². The van der Waals surface area contributed by atoms with Gasteiger partial charge in [0.25, 0.3) is 0 Å². The number of rotatable bonds is 2. The molecule has 1 aromatic heterocycles. The molecule has 1 aliphatic rings. The molecule has 2 rings (SSSR count). The fourth-order valence-electron chi connectivity index (χ4n) is 1.30. The minimum absolute atomic E-state index is 0.254. The summed E-state index contributed by atoms with van der Waals surface area (Å²) >= 11 is 0. The molecule has 0 fully saturated rings. The zero-order chi connectivity index (χ0) is 9.26. The normalized spacial score (nSPS) is 21.1. The number of aryl methyl sites for hydroxylation is 1. The number of hydrogen-bond acceptors (Lipinski definition) is 4. The Morgan fingerprint density at radius 3 is 3.00 bits per heavy atom. The van der Waals surface area contributed by atoms with E-state index in [1.807, 2.05) is 37.5 Å². The smallest absolute Gasteiger partial charge is 0.0999 e. The van der Waals surface area contributed by atoms with E-state index in [2.05, 4.69) is 15.6 Å². The highest BCUT2D eigenvalue weighted by Gasteiger charge is 2.13. The van der Waals surface area contributed by atoms with Crippen LogP contribution in [0.15, 0.2) is 17.4 Å². The average molecular weight is 179 g/mol. The van der Waals surface area contributed by atoms with Crippen molar-refractivity contribution in [1.29, 1.82) is 0 Å². The summed E-state index contributed by atoms with van der Waals surface area (Å²) in [4.78, 5) is 1.73. The predicted octanol–water partition coefficient (Wildman–Crippen LogP) is 0.0348. The lowest BCUT2D eigenvalue weighted by Gasteiger charge is -2.12. The van der Waals surface area contributed by atoms with Gasteiger partial charge in [-0.2, -0.15) is 15.0 Å². The van der Waals surface area contributed by atoms with E-state index >= 15 is 0 Å². The number of nitrogens with zero attached hydrogens (tertiary/aromatic N) is 4. The van der Waals surface area contributed by atoms with Crippen molar-refractivity contribution in [2.75, 3.05) is 19.0 Å². The minimum Gasteiger partial charge on any atom is -0.300 e. The summed E-state index contributed by atoms with van der Waals surface area (Å²) in [5, 5.41) is 10.2. The van der Waals surface area contributed by atoms with Crippen LogP contribution in [-0.2, 0) is 0 Å². The molecule has 0 spiro atoms. The summed E-state index contributed by atoms with van der Waals surface area (Å²) in [6.45, 7) is 2.85. The van der Waals surface area contributed by atoms with Gasteiger partial charge in [-0.25, -0.2) is 0 Å². The Labute approximate surface area is 77.0 Å². The first-order valence-corrected chi connectivity index (χ1v) is 4.28. The van der Waals surface area contributed by atoms with E-state index < -0.39 is 0 Å². The molecule has 0 radical (unpaired) electrons. The van der Waals surface area contributed by atoms with Crippen molar-refractivity contribution in [3.8, 4) is 0 Å². The molecule has 5 nitrogen and oxygen atoms in total. The number of hydrogen-bond donors (Lipinski definition) is 1. The minimum atomic E-state index is 0.254. The molecule has 1 aromatic rings. The molecule has 0 saturated carbocycles. The van der Waals surface area contributed by atoms with E-state index in [0.717, 1.165) is 12.2 Å². The van der Waals surface area contributed by atoms with Crippen molar-refractivity contribution in [3.63, 3.8) is 0 Å². The second kappa shape index (κ2) is 3.08. The quantitative estimate of drug-likeness (QED) is 0.697. The van der Waals surface area contributed by atoms with Gasteiger partial charge >= 0.3 is 0 Å². The Balaban J connectivity index is 1.96. The van der Waals surface area contributed by atoms with Gasteiger partial charge in [0.1, 0.15) is 0 Å². The first kappa shape index (κ1) is 8.10. The van der Waals surface area contributed by atoms with E-state index in [0.29, 0.717) is 0 Å². The summed E-state index contributed by atoms with van der Waals surface area (Å²) < 4.78 is 0. The highest BCUT2D eigenvalue weighted by atomic mass is 15.6. The molecule has 13 heavy (non-hydrogen) atoms. The van der Waals surface area contributed by atoms with E-state index in [9.17, 15) is 0 Å². The molecule has 70 valence electrons. The van der Waals surface area contributed by atoms with Gasteiger partial charge in [0.05, 0.1) is 24.5 Å². The van der Waals surface area contributed by atoms with Crippen LogP contribution in [0.2, 0.25) is 0 Å². The van der Waals surface area contributed by atoms with Crippen molar-refractivity contribution < 1.29 is 0 Å². The number of nitrogens with one attached hydrogen (secondary N) is 1. The molecule has 1 atom stereocenters. The number of likely N-dealkylation sites (N-methyl/N-ethyl adjacent to an activating group) is 1. The Morgan fingerprint density at radius 2 is 2.46 bits per heavy atom. The van der Waals surface area contributed by atoms with Crippen LogP contribution in [0.3, 0.4) is 0 Å². The lowest BCUT2D eigenvalue weighted by atomic mass is 10.3. The van der Waals surface area contributed by atoms with Crippen LogP contribution in [-0.4, -0.2) is 40.7 Å². The lowest BCUT2D eigenvalue weighted by molar-refractivity contribution is 0.379. The first-order chi connectivity index (χ1) is 6.24. The molecule has 1 unspecified atom stereocenters. The maximum absolute atomic E-state index is 4.22. The van der Waals surface area contributed by atoms with Crippen molar-refractivity contribution >= 4 is 6.21 Å². The molecule has 2 heterocycles. The fourth-order valence-corrected chi connectivity index (χ4v) is 1.30. The zero-order valence-electron chi connectivity index (χ0n) is 7.81. The Kier molecular flexibility index (Phi) is 1.92. The van der Waals surface area contributed by atoms with Crippen molar-refractivity contribution in [2.24, 2.45) is 5.10 Å². The zero-order valence-corrected chi connectivity index (χ0v) is 7.81. The lowest BCUT2D eigenvalue weighted by Crippen LogP contribution is -2.33. The third kappa shape index (κ3) is 1.80. The monoisotopic (exact) mass is 179 g/mol. The molecule has 0 bridgehead atoms. The van der Waals surface area contributed by atoms with Crippen molar-refractivity contribution in [2.45, 2.75) is 13.0 Å². The van der Waals surface area contributed by atoms with Crippen LogP contribution in [0.1, 0.15) is 5.69 Å². The summed E-state index contributed by atoms with van der Waals surface area (Å²) in [5.74, 6) is 0. The average Bonchev–Trinajstić information content (AvgIpc) is 2.62. The standard InChI is InChI=1S/C8H13N5/c1-7-3-4-13(10-7)11-8-5-9-12(2)6-8/h3-5,8,11H,6H2,1-2H3. The predicted molar refractivity (Wildman–Crippen MR) is 51.2 cm³/mol. The highest BCUT2D eigenvalue weighted by Crippen LogP contribution is 1.98. The van der Waals surface area contributed by atoms with E-state index in [1.165, 1.54) is 0 Å². The van der Waals surface area contributed by atoms with Gasteiger partial charge in [0.15, 0.2) is 0 Å². The number of aromatic nitrogens is 2. The molecule has 0 saturated heterocycles. The molecule has 0 aromatic carbocycles. The maximum Gasteiger partial charge on any atom is 0.0999 e. The molecule has 1 N–H and O–H groups in total. The van der Waals surface area contributed by atoms with E-state index in [-0.39, 0.29) is 6.04 Å². The van der Waals surface area contributed by atoms with Crippen LogP contribution in [0.4, 0.5) is 0 Å². The molecule has 0 aliphatic carbocycles. The Bertz CT molecular complexity index is 316. The van der Waals surface area contributed by atoms with Gasteiger partial charge < -0.3 is 0 Å². The SMILES string of the molecule is Cc1ccn(NC2C=NN(C)C2)n1. The molecular formula is C8H13N5. The summed E-state index contributed by atoms with van der Waals surface area (Å²) in [5.41, 5.74) is 4.22. The van der Waals surface area contributed by atoms with Gasteiger partial charge in [-0.1, -0.05) is 0 Å². The molecule has 1 aliphatic heterocycles. The van der Waals surface area contributed by atoms with Crippen molar-refractivity contribution in [3.05, 3.63) is 18.0 Å².